The molecule has 0 aliphatic carbocycles. The lowest BCUT2D eigenvalue weighted by atomic mass is 10.0. The summed E-state index contributed by atoms with van der Waals surface area (Å²) in [6.45, 7) is 5.41. The number of nitrogens with zero attached hydrogens (tertiary/aromatic N) is 3. The van der Waals surface area contributed by atoms with Gasteiger partial charge in [0.2, 0.25) is 0 Å². The largest absolute Gasteiger partial charge is 0.476 e. The van der Waals surface area contributed by atoms with Crippen molar-refractivity contribution >= 4 is 11.8 Å². The van der Waals surface area contributed by atoms with E-state index in [1.54, 1.807) is 0 Å². The normalized spacial score (nSPS) is 19.8. The van der Waals surface area contributed by atoms with Gasteiger partial charge in [0.15, 0.2) is 5.69 Å². The summed E-state index contributed by atoms with van der Waals surface area (Å²) in [5.74, 6) is -0.426. The zero-order chi connectivity index (χ0) is 14.4. The highest BCUT2D eigenvalue weighted by Crippen LogP contribution is 2.16. The van der Waals surface area contributed by atoms with Crippen molar-refractivity contribution in [3.8, 4) is 0 Å². The number of hydrogen-bond acceptors (Lipinski definition) is 5. The molecule has 6 heteroatoms. The third-order valence-corrected chi connectivity index (χ3v) is 3.74. The minimum atomic E-state index is -1.05. The molecule has 0 bridgehead atoms. The first-order chi connectivity index (χ1) is 9.66. The molecule has 1 aromatic heterocycles. The molecule has 0 saturated carbocycles. The van der Waals surface area contributed by atoms with Crippen LogP contribution < -0.4 is 5.32 Å². The van der Waals surface area contributed by atoms with Gasteiger partial charge < -0.3 is 15.3 Å². The van der Waals surface area contributed by atoms with Crippen molar-refractivity contribution in [1.82, 2.24) is 14.9 Å². The summed E-state index contributed by atoms with van der Waals surface area (Å²) in [7, 11) is 0. The lowest BCUT2D eigenvalue weighted by Gasteiger charge is -2.33. The average molecular weight is 278 g/mol. The minimum absolute atomic E-state index is 0.0299. The van der Waals surface area contributed by atoms with E-state index in [0.29, 0.717) is 11.9 Å². The highest BCUT2D eigenvalue weighted by Gasteiger charge is 2.16. The van der Waals surface area contributed by atoms with Gasteiger partial charge in [-0.05, 0) is 32.7 Å². The fourth-order valence-corrected chi connectivity index (χ4v) is 2.52. The second kappa shape index (κ2) is 7.19. The van der Waals surface area contributed by atoms with Crippen LogP contribution in [0.3, 0.4) is 0 Å². The van der Waals surface area contributed by atoms with Crippen molar-refractivity contribution in [2.75, 3.05) is 25.0 Å². The first-order valence-corrected chi connectivity index (χ1v) is 7.20. The Balaban J connectivity index is 1.69. The monoisotopic (exact) mass is 278 g/mol. The number of piperidine rings is 1. The first-order valence-electron chi connectivity index (χ1n) is 7.20. The molecule has 0 spiro atoms. The Kier molecular flexibility index (Phi) is 5.29. The highest BCUT2D eigenvalue weighted by molar-refractivity contribution is 5.84. The summed E-state index contributed by atoms with van der Waals surface area (Å²) in [4.78, 5) is 21.0. The number of carboxylic acids is 1. The molecular formula is C14H22N4O2. The maximum absolute atomic E-state index is 10.6. The van der Waals surface area contributed by atoms with Gasteiger partial charge in [-0.3, -0.25) is 0 Å². The molecule has 1 aliphatic heterocycles. The molecule has 1 atom stereocenters. The standard InChI is InChI=1S/C14H22N4O2/c1-11-5-2-3-7-18(11)8-4-6-15-13-10-16-12(9-17-13)14(19)20/h9-11H,2-8H2,1H3,(H,15,17)(H,19,20). The van der Waals surface area contributed by atoms with Gasteiger partial charge in [0.25, 0.3) is 0 Å². The fourth-order valence-electron chi connectivity index (χ4n) is 2.52. The number of anilines is 1. The van der Waals surface area contributed by atoms with E-state index in [1.807, 2.05) is 0 Å². The highest BCUT2D eigenvalue weighted by atomic mass is 16.4. The van der Waals surface area contributed by atoms with Crippen LogP contribution in [0.1, 0.15) is 43.1 Å². The first kappa shape index (κ1) is 14.7. The van der Waals surface area contributed by atoms with Crippen LogP contribution in [-0.2, 0) is 0 Å². The summed E-state index contributed by atoms with van der Waals surface area (Å²) < 4.78 is 0. The predicted octanol–water partition coefficient (Wildman–Crippen LogP) is 1.85. The number of rotatable bonds is 6. The predicted molar refractivity (Wildman–Crippen MR) is 77.0 cm³/mol. The van der Waals surface area contributed by atoms with Gasteiger partial charge in [-0.2, -0.15) is 0 Å². The van der Waals surface area contributed by atoms with E-state index in [4.69, 9.17) is 5.11 Å². The van der Waals surface area contributed by atoms with Gasteiger partial charge in [-0.25, -0.2) is 14.8 Å². The third-order valence-electron chi connectivity index (χ3n) is 3.74. The van der Waals surface area contributed by atoms with Crippen LogP contribution in [0, 0.1) is 0 Å². The Labute approximate surface area is 119 Å². The van der Waals surface area contributed by atoms with Gasteiger partial charge in [-0.15, -0.1) is 0 Å². The van der Waals surface area contributed by atoms with Crippen LogP contribution in [0.15, 0.2) is 12.4 Å². The Bertz CT molecular complexity index is 435. The minimum Gasteiger partial charge on any atom is -0.476 e. The van der Waals surface area contributed by atoms with E-state index >= 15 is 0 Å². The Morgan fingerprint density at radius 3 is 2.95 bits per heavy atom. The van der Waals surface area contributed by atoms with Crippen LogP contribution in [-0.4, -0.2) is 51.6 Å². The van der Waals surface area contributed by atoms with E-state index in [9.17, 15) is 4.79 Å². The molecule has 0 radical (unpaired) electrons. The van der Waals surface area contributed by atoms with Gasteiger partial charge in [0.05, 0.1) is 12.4 Å². The molecule has 2 heterocycles. The maximum Gasteiger partial charge on any atom is 0.356 e. The molecule has 2 rings (SSSR count). The average Bonchev–Trinajstić information content (AvgIpc) is 2.46. The summed E-state index contributed by atoms with van der Waals surface area (Å²) in [6, 6.07) is 0.693. The topological polar surface area (TPSA) is 78.4 Å². The Morgan fingerprint density at radius 1 is 1.45 bits per heavy atom. The maximum atomic E-state index is 10.6. The zero-order valence-corrected chi connectivity index (χ0v) is 11.9. The van der Waals surface area contributed by atoms with Crippen molar-refractivity contribution < 1.29 is 9.90 Å². The molecule has 1 saturated heterocycles. The van der Waals surface area contributed by atoms with Crippen LogP contribution in [0.4, 0.5) is 5.82 Å². The SMILES string of the molecule is CC1CCCCN1CCCNc1cnc(C(=O)O)cn1. The van der Waals surface area contributed by atoms with E-state index < -0.39 is 5.97 Å². The van der Waals surface area contributed by atoms with Crippen molar-refractivity contribution in [1.29, 1.82) is 0 Å². The number of carbonyl (C=O) groups is 1. The van der Waals surface area contributed by atoms with Crippen LogP contribution in [0.5, 0.6) is 0 Å². The Hall–Kier alpha value is -1.69. The number of aromatic carboxylic acids is 1. The van der Waals surface area contributed by atoms with Crippen molar-refractivity contribution in [3.05, 3.63) is 18.1 Å². The van der Waals surface area contributed by atoms with Crippen molar-refractivity contribution in [2.45, 2.75) is 38.6 Å². The number of aromatic nitrogens is 2. The van der Waals surface area contributed by atoms with Crippen LogP contribution >= 0.6 is 0 Å². The van der Waals surface area contributed by atoms with Gasteiger partial charge in [0, 0.05) is 19.1 Å². The summed E-state index contributed by atoms with van der Waals surface area (Å²) in [5, 5.41) is 11.9. The van der Waals surface area contributed by atoms with Crippen LogP contribution in [0.25, 0.3) is 0 Å². The van der Waals surface area contributed by atoms with Gasteiger partial charge in [-0.1, -0.05) is 6.42 Å². The van der Waals surface area contributed by atoms with E-state index in [1.165, 1.54) is 38.2 Å². The second-order valence-electron chi connectivity index (χ2n) is 5.25. The molecule has 110 valence electrons. The number of nitrogens with one attached hydrogen (secondary N) is 1. The summed E-state index contributed by atoms with van der Waals surface area (Å²) in [5.41, 5.74) is -0.0299. The van der Waals surface area contributed by atoms with Crippen LogP contribution in [0.2, 0.25) is 0 Å². The fraction of sp³-hybridized carbons (Fsp3) is 0.643. The molecule has 1 aromatic rings. The lowest BCUT2D eigenvalue weighted by molar-refractivity contribution is 0.0690. The quantitative estimate of drug-likeness (QED) is 0.773. The number of carboxylic acid groups (broad SMARTS) is 1. The molecule has 0 amide bonds. The zero-order valence-electron chi connectivity index (χ0n) is 11.9. The number of likely N-dealkylation sites (tertiary alicyclic amines) is 1. The Morgan fingerprint density at radius 2 is 2.30 bits per heavy atom. The molecule has 2 N–H and O–H groups in total. The lowest BCUT2D eigenvalue weighted by Crippen LogP contribution is -2.38. The van der Waals surface area contributed by atoms with Gasteiger partial charge >= 0.3 is 5.97 Å². The molecule has 20 heavy (non-hydrogen) atoms. The molecular weight excluding hydrogens is 256 g/mol. The molecule has 1 unspecified atom stereocenters. The molecule has 1 fully saturated rings. The molecule has 1 aliphatic rings. The molecule has 6 nitrogen and oxygen atoms in total. The smallest absolute Gasteiger partial charge is 0.356 e. The van der Waals surface area contributed by atoms with E-state index in [0.717, 1.165) is 19.5 Å². The molecule has 0 aromatic carbocycles. The second-order valence-corrected chi connectivity index (χ2v) is 5.25. The van der Waals surface area contributed by atoms with E-state index in [-0.39, 0.29) is 5.69 Å². The third kappa shape index (κ3) is 4.16. The van der Waals surface area contributed by atoms with E-state index in [2.05, 4.69) is 27.1 Å². The van der Waals surface area contributed by atoms with Crippen molar-refractivity contribution in [3.63, 3.8) is 0 Å². The summed E-state index contributed by atoms with van der Waals surface area (Å²) in [6.07, 6.45) is 7.74. The number of hydrogen-bond donors (Lipinski definition) is 2. The van der Waals surface area contributed by atoms with Gasteiger partial charge in [0.1, 0.15) is 5.82 Å². The summed E-state index contributed by atoms with van der Waals surface area (Å²) >= 11 is 0. The van der Waals surface area contributed by atoms with Crippen molar-refractivity contribution in [2.24, 2.45) is 0 Å².